The third kappa shape index (κ3) is 3.90. The first-order chi connectivity index (χ1) is 9.06. The van der Waals surface area contributed by atoms with E-state index in [4.69, 9.17) is 5.11 Å². The molecule has 0 aromatic heterocycles. The molecule has 1 saturated carbocycles. The number of benzene rings is 1. The molecule has 1 aliphatic carbocycles. The van der Waals surface area contributed by atoms with Gasteiger partial charge in [-0.15, -0.1) is 0 Å². The van der Waals surface area contributed by atoms with Crippen LogP contribution in [0.3, 0.4) is 0 Å². The number of halogens is 1. The molecule has 102 valence electrons. The van der Waals surface area contributed by atoms with Gasteiger partial charge in [0, 0.05) is 16.5 Å². The van der Waals surface area contributed by atoms with Crippen molar-refractivity contribution in [3.8, 4) is 0 Å². The van der Waals surface area contributed by atoms with E-state index >= 15 is 0 Å². The minimum Gasteiger partial charge on any atom is -0.481 e. The molecule has 1 aromatic carbocycles. The Balaban J connectivity index is 1.95. The van der Waals surface area contributed by atoms with E-state index in [1.54, 1.807) is 0 Å². The van der Waals surface area contributed by atoms with Crippen molar-refractivity contribution >= 4 is 27.7 Å². The predicted octanol–water partition coefficient (Wildman–Crippen LogP) is 3.91. The summed E-state index contributed by atoms with van der Waals surface area (Å²) in [4.78, 5) is 23.1. The first-order valence-electron chi connectivity index (χ1n) is 6.58. The lowest BCUT2D eigenvalue weighted by molar-refractivity contribution is -0.143. The maximum Gasteiger partial charge on any atom is 0.306 e. The normalized spacial score (nSPS) is 23.0. The molecular weight excluding hydrogens is 308 g/mol. The number of carbonyl (C=O) groups excluding carboxylic acids is 1. The van der Waals surface area contributed by atoms with Crippen molar-refractivity contribution in [3.05, 3.63) is 34.3 Å². The van der Waals surface area contributed by atoms with Crippen molar-refractivity contribution in [1.29, 1.82) is 0 Å². The molecule has 2 atom stereocenters. The summed E-state index contributed by atoms with van der Waals surface area (Å²) in [6.07, 6.45) is 3.72. The average molecular weight is 325 g/mol. The van der Waals surface area contributed by atoms with Gasteiger partial charge in [0.05, 0.1) is 5.92 Å². The fourth-order valence-electron chi connectivity index (χ4n) is 2.72. The Kier molecular flexibility index (Phi) is 4.75. The maximum absolute atomic E-state index is 12.1. The van der Waals surface area contributed by atoms with Crippen LogP contribution >= 0.6 is 15.9 Å². The summed E-state index contributed by atoms with van der Waals surface area (Å²) >= 11 is 3.34. The van der Waals surface area contributed by atoms with E-state index < -0.39 is 5.97 Å². The smallest absolute Gasteiger partial charge is 0.306 e. The number of Topliss-reactive ketones (excluding diaryl/α,β-unsaturated/α-hetero) is 1. The molecule has 0 aliphatic heterocycles. The first-order valence-corrected chi connectivity index (χ1v) is 7.37. The molecule has 0 saturated heterocycles. The summed E-state index contributed by atoms with van der Waals surface area (Å²) in [7, 11) is 0. The summed E-state index contributed by atoms with van der Waals surface area (Å²) < 4.78 is 0.952. The van der Waals surface area contributed by atoms with Crippen LogP contribution < -0.4 is 0 Å². The van der Waals surface area contributed by atoms with E-state index in [-0.39, 0.29) is 17.6 Å². The zero-order chi connectivity index (χ0) is 13.8. The van der Waals surface area contributed by atoms with Crippen molar-refractivity contribution in [1.82, 2.24) is 0 Å². The van der Waals surface area contributed by atoms with Crippen LogP contribution in [-0.4, -0.2) is 16.9 Å². The molecule has 0 radical (unpaired) electrons. The fourth-order valence-corrected chi connectivity index (χ4v) is 2.98. The molecule has 1 aliphatic rings. The number of carboxylic acids is 1. The second-order valence-corrected chi connectivity index (χ2v) is 6.12. The Morgan fingerprint density at radius 3 is 2.53 bits per heavy atom. The van der Waals surface area contributed by atoms with Gasteiger partial charge in [0.25, 0.3) is 0 Å². The first kappa shape index (κ1) is 14.3. The van der Waals surface area contributed by atoms with E-state index in [2.05, 4.69) is 15.9 Å². The van der Waals surface area contributed by atoms with Crippen molar-refractivity contribution in [3.63, 3.8) is 0 Å². The number of hydrogen-bond acceptors (Lipinski definition) is 2. The molecule has 1 aromatic rings. The molecule has 0 spiro atoms. The molecular formula is C15H17BrO3. The fraction of sp³-hybridized carbons (Fsp3) is 0.467. The molecule has 1 fully saturated rings. The van der Waals surface area contributed by atoms with Crippen LogP contribution in [0.2, 0.25) is 0 Å². The summed E-state index contributed by atoms with van der Waals surface area (Å²) in [5, 5.41) is 9.05. The number of ketones is 1. The third-order valence-electron chi connectivity index (χ3n) is 3.77. The van der Waals surface area contributed by atoms with E-state index in [1.807, 2.05) is 24.3 Å². The van der Waals surface area contributed by atoms with Crippen LogP contribution in [0.5, 0.6) is 0 Å². The van der Waals surface area contributed by atoms with Gasteiger partial charge in [0.1, 0.15) is 0 Å². The van der Waals surface area contributed by atoms with Crippen molar-refractivity contribution in [2.45, 2.75) is 32.1 Å². The van der Waals surface area contributed by atoms with Gasteiger partial charge in [-0.25, -0.2) is 0 Å². The summed E-state index contributed by atoms with van der Waals surface area (Å²) in [6, 6.07) is 7.33. The van der Waals surface area contributed by atoms with Crippen molar-refractivity contribution in [2.24, 2.45) is 11.8 Å². The molecule has 2 rings (SSSR count). The van der Waals surface area contributed by atoms with Crippen LogP contribution in [0.4, 0.5) is 0 Å². The summed E-state index contributed by atoms with van der Waals surface area (Å²) in [6.45, 7) is 0. The Bertz CT molecular complexity index is 467. The third-order valence-corrected chi connectivity index (χ3v) is 4.30. The Morgan fingerprint density at radius 2 is 1.89 bits per heavy atom. The zero-order valence-corrected chi connectivity index (χ0v) is 12.2. The summed E-state index contributed by atoms with van der Waals surface area (Å²) in [5.41, 5.74) is 0.709. The van der Waals surface area contributed by atoms with E-state index in [0.717, 1.165) is 23.7 Å². The molecule has 0 amide bonds. The monoisotopic (exact) mass is 324 g/mol. The predicted molar refractivity (Wildman–Crippen MR) is 76.2 cm³/mol. The van der Waals surface area contributed by atoms with Gasteiger partial charge in [0.15, 0.2) is 5.78 Å². The van der Waals surface area contributed by atoms with Crippen LogP contribution in [0.25, 0.3) is 0 Å². The molecule has 3 nitrogen and oxygen atoms in total. The zero-order valence-electron chi connectivity index (χ0n) is 10.6. The van der Waals surface area contributed by atoms with E-state index in [9.17, 15) is 9.59 Å². The van der Waals surface area contributed by atoms with Gasteiger partial charge >= 0.3 is 5.97 Å². The lowest BCUT2D eigenvalue weighted by atomic mass is 9.78. The van der Waals surface area contributed by atoms with Gasteiger partial charge in [-0.2, -0.15) is 0 Å². The van der Waals surface area contributed by atoms with Crippen LogP contribution in [-0.2, 0) is 4.79 Å². The highest BCUT2D eigenvalue weighted by molar-refractivity contribution is 9.10. The molecule has 4 heteroatoms. The number of rotatable bonds is 4. The number of aliphatic carboxylic acids is 1. The molecule has 1 N–H and O–H groups in total. The van der Waals surface area contributed by atoms with E-state index in [0.29, 0.717) is 18.4 Å². The minimum absolute atomic E-state index is 0.114. The highest BCUT2D eigenvalue weighted by atomic mass is 79.9. The van der Waals surface area contributed by atoms with E-state index in [1.165, 1.54) is 0 Å². The molecule has 0 bridgehead atoms. The maximum atomic E-state index is 12.1. The Labute approximate surface area is 121 Å². The summed E-state index contributed by atoms with van der Waals surface area (Å²) in [5.74, 6) is -0.660. The van der Waals surface area contributed by atoms with Gasteiger partial charge < -0.3 is 5.11 Å². The van der Waals surface area contributed by atoms with Gasteiger partial charge in [-0.1, -0.05) is 34.5 Å². The quantitative estimate of drug-likeness (QED) is 0.854. The Morgan fingerprint density at radius 1 is 1.21 bits per heavy atom. The van der Waals surface area contributed by atoms with Crippen LogP contribution in [0.1, 0.15) is 42.5 Å². The lowest BCUT2D eigenvalue weighted by Gasteiger charge is -2.26. The molecule has 0 unspecified atom stereocenters. The van der Waals surface area contributed by atoms with Crippen molar-refractivity contribution in [2.75, 3.05) is 0 Å². The second-order valence-electron chi connectivity index (χ2n) is 5.20. The largest absolute Gasteiger partial charge is 0.481 e. The average Bonchev–Trinajstić information content (AvgIpc) is 2.39. The topological polar surface area (TPSA) is 54.4 Å². The highest BCUT2D eigenvalue weighted by Gasteiger charge is 2.28. The lowest BCUT2D eigenvalue weighted by Crippen LogP contribution is -2.24. The number of carbonyl (C=O) groups is 2. The number of carboxylic acid groups (broad SMARTS) is 1. The highest BCUT2D eigenvalue weighted by Crippen LogP contribution is 2.32. The van der Waals surface area contributed by atoms with Crippen molar-refractivity contribution < 1.29 is 14.7 Å². The number of hydrogen-bond donors (Lipinski definition) is 1. The second kappa shape index (κ2) is 6.33. The van der Waals surface area contributed by atoms with Gasteiger partial charge in [-0.3, -0.25) is 9.59 Å². The standard InChI is InChI=1S/C15H17BrO3/c16-13-6-4-11(5-7-13)14(17)9-10-2-1-3-12(8-10)15(18)19/h4-7,10,12H,1-3,8-9H2,(H,18,19)/t10-,12+/m0/s1. The van der Waals surface area contributed by atoms with Gasteiger partial charge in [0.2, 0.25) is 0 Å². The van der Waals surface area contributed by atoms with Crippen LogP contribution in [0.15, 0.2) is 28.7 Å². The van der Waals surface area contributed by atoms with Crippen LogP contribution in [0, 0.1) is 11.8 Å². The van der Waals surface area contributed by atoms with Gasteiger partial charge in [-0.05, 0) is 37.3 Å². The SMILES string of the molecule is O=C(C[C@H]1CCC[C@@H](C(=O)O)C1)c1ccc(Br)cc1. The minimum atomic E-state index is -0.721. The Hall–Kier alpha value is -1.16. The molecule has 0 heterocycles. The molecule has 19 heavy (non-hydrogen) atoms.